The first kappa shape index (κ1) is 17.9. The number of ether oxygens (including phenoxy) is 1. The Morgan fingerprint density at radius 1 is 1.40 bits per heavy atom. The van der Waals surface area contributed by atoms with Crippen LogP contribution in [0.4, 0.5) is 0 Å². The highest BCUT2D eigenvalue weighted by molar-refractivity contribution is 5.94. The lowest BCUT2D eigenvalue weighted by Gasteiger charge is -2.39. The second kappa shape index (κ2) is 7.56. The molecular formula is C18H27N3O4. The molecule has 2 fully saturated rings. The van der Waals surface area contributed by atoms with Crippen molar-refractivity contribution >= 4 is 11.8 Å². The summed E-state index contributed by atoms with van der Waals surface area (Å²) in [6.45, 7) is 5.07. The maximum absolute atomic E-state index is 12.9. The number of likely N-dealkylation sites (tertiary alicyclic amines) is 2. The Labute approximate surface area is 148 Å². The number of amides is 2. The predicted molar refractivity (Wildman–Crippen MR) is 91.1 cm³/mol. The van der Waals surface area contributed by atoms with Crippen LogP contribution in [0.25, 0.3) is 0 Å². The molecule has 0 unspecified atom stereocenters. The summed E-state index contributed by atoms with van der Waals surface area (Å²) >= 11 is 0. The molecule has 25 heavy (non-hydrogen) atoms. The van der Waals surface area contributed by atoms with Crippen LogP contribution in [-0.4, -0.2) is 66.7 Å². The third kappa shape index (κ3) is 3.56. The Kier molecular flexibility index (Phi) is 5.42. The van der Waals surface area contributed by atoms with Gasteiger partial charge >= 0.3 is 0 Å². The molecule has 0 aliphatic carbocycles. The lowest BCUT2D eigenvalue weighted by Crippen LogP contribution is -2.51. The van der Waals surface area contributed by atoms with Crippen LogP contribution in [0, 0.1) is 5.41 Å². The monoisotopic (exact) mass is 349 g/mol. The van der Waals surface area contributed by atoms with Crippen LogP contribution in [0.2, 0.25) is 0 Å². The number of hydrogen-bond acceptors (Lipinski definition) is 5. The molecule has 2 aliphatic heterocycles. The number of aryl methyl sites for hydroxylation is 1. The Morgan fingerprint density at radius 2 is 2.24 bits per heavy atom. The van der Waals surface area contributed by atoms with Gasteiger partial charge in [0, 0.05) is 45.8 Å². The van der Waals surface area contributed by atoms with Crippen molar-refractivity contribution in [3.8, 4) is 0 Å². The number of carbonyl (C=O) groups is 2. The van der Waals surface area contributed by atoms with E-state index in [0.717, 1.165) is 44.4 Å². The highest BCUT2D eigenvalue weighted by Gasteiger charge is 2.49. The van der Waals surface area contributed by atoms with Crippen molar-refractivity contribution in [2.24, 2.45) is 5.41 Å². The van der Waals surface area contributed by atoms with Crippen LogP contribution in [-0.2, 0) is 16.0 Å². The quantitative estimate of drug-likeness (QED) is 0.782. The molecule has 1 spiro atoms. The summed E-state index contributed by atoms with van der Waals surface area (Å²) in [6.07, 6.45) is 4.26. The average molecular weight is 349 g/mol. The van der Waals surface area contributed by atoms with Crippen LogP contribution < -0.4 is 0 Å². The predicted octanol–water partition coefficient (Wildman–Crippen LogP) is 1.73. The Hall–Kier alpha value is -1.89. The molecule has 0 aromatic carbocycles. The molecule has 3 heterocycles. The van der Waals surface area contributed by atoms with Gasteiger partial charge in [0.1, 0.15) is 5.76 Å². The molecule has 2 saturated heterocycles. The fourth-order valence-electron chi connectivity index (χ4n) is 3.93. The van der Waals surface area contributed by atoms with Gasteiger partial charge in [-0.25, -0.2) is 0 Å². The van der Waals surface area contributed by atoms with E-state index in [1.165, 1.54) is 0 Å². The first-order valence-electron chi connectivity index (χ1n) is 9.13. The Bertz CT molecular complexity index is 630. The molecular weight excluding hydrogens is 322 g/mol. The third-order valence-corrected chi connectivity index (χ3v) is 5.31. The number of carbonyl (C=O) groups excluding carboxylic acids is 2. The third-order valence-electron chi connectivity index (χ3n) is 5.31. The molecule has 0 saturated carbocycles. The van der Waals surface area contributed by atoms with E-state index in [1.807, 2.05) is 4.90 Å². The molecule has 0 radical (unpaired) electrons. The largest absolute Gasteiger partial charge is 0.383 e. The number of piperidine rings is 1. The number of hydrogen-bond donors (Lipinski definition) is 0. The number of nitrogens with zero attached hydrogens (tertiary/aromatic N) is 3. The standard InChI is InChI=1S/C18H27N3O4/c1-3-5-14-12-15(19-25-14)16(22)21-9-7-18(13-21)6-4-8-20(17(18)23)10-11-24-2/h12H,3-11,13H2,1-2H3/t18-/m0/s1. The normalized spacial score (nSPS) is 23.7. The van der Waals surface area contributed by atoms with Gasteiger partial charge in [0.05, 0.1) is 12.0 Å². The Balaban J connectivity index is 1.67. The number of aromatic nitrogens is 1. The SMILES string of the molecule is CCCc1cc(C(=O)N2CC[C@@]3(CCCN(CCOC)C3=O)C2)no1. The molecule has 7 nitrogen and oxygen atoms in total. The summed E-state index contributed by atoms with van der Waals surface area (Å²) in [5.74, 6) is 0.766. The fourth-order valence-corrected chi connectivity index (χ4v) is 3.93. The average Bonchev–Trinajstić information content (AvgIpc) is 3.24. The van der Waals surface area contributed by atoms with Gasteiger partial charge in [-0.3, -0.25) is 9.59 Å². The number of rotatable bonds is 6. The van der Waals surface area contributed by atoms with Crippen molar-refractivity contribution in [2.45, 2.75) is 39.0 Å². The van der Waals surface area contributed by atoms with Crippen LogP contribution in [0.15, 0.2) is 10.6 Å². The highest BCUT2D eigenvalue weighted by atomic mass is 16.5. The zero-order valence-electron chi connectivity index (χ0n) is 15.1. The van der Waals surface area contributed by atoms with E-state index in [2.05, 4.69) is 12.1 Å². The van der Waals surface area contributed by atoms with Gasteiger partial charge in [0.15, 0.2) is 5.69 Å². The van der Waals surface area contributed by atoms with E-state index in [-0.39, 0.29) is 11.8 Å². The molecule has 2 aliphatic rings. The lowest BCUT2D eigenvalue weighted by atomic mass is 9.78. The minimum Gasteiger partial charge on any atom is -0.383 e. The first-order valence-corrected chi connectivity index (χ1v) is 9.13. The van der Waals surface area contributed by atoms with Gasteiger partial charge in [0.2, 0.25) is 5.91 Å². The van der Waals surface area contributed by atoms with Crippen molar-refractivity contribution in [3.63, 3.8) is 0 Å². The van der Waals surface area contributed by atoms with E-state index in [4.69, 9.17) is 9.26 Å². The summed E-state index contributed by atoms with van der Waals surface area (Å²) < 4.78 is 10.3. The van der Waals surface area contributed by atoms with Crippen molar-refractivity contribution < 1.29 is 18.8 Å². The van der Waals surface area contributed by atoms with E-state index in [0.29, 0.717) is 31.9 Å². The van der Waals surface area contributed by atoms with Crippen LogP contribution in [0.5, 0.6) is 0 Å². The minimum absolute atomic E-state index is 0.134. The molecule has 138 valence electrons. The molecule has 0 N–H and O–H groups in total. The summed E-state index contributed by atoms with van der Waals surface area (Å²) in [5.41, 5.74) is -0.0857. The number of methoxy groups -OCH3 is 1. The molecule has 0 bridgehead atoms. The summed E-state index contributed by atoms with van der Waals surface area (Å²) in [7, 11) is 1.64. The fraction of sp³-hybridized carbons (Fsp3) is 0.722. The molecule has 1 atom stereocenters. The zero-order valence-corrected chi connectivity index (χ0v) is 15.1. The van der Waals surface area contributed by atoms with Gasteiger partial charge in [-0.1, -0.05) is 12.1 Å². The lowest BCUT2D eigenvalue weighted by molar-refractivity contribution is -0.146. The van der Waals surface area contributed by atoms with E-state index < -0.39 is 5.41 Å². The topological polar surface area (TPSA) is 75.9 Å². The van der Waals surface area contributed by atoms with Crippen LogP contribution >= 0.6 is 0 Å². The van der Waals surface area contributed by atoms with Crippen molar-refractivity contribution in [1.29, 1.82) is 0 Å². The highest BCUT2D eigenvalue weighted by Crippen LogP contribution is 2.40. The van der Waals surface area contributed by atoms with E-state index in [1.54, 1.807) is 18.1 Å². The smallest absolute Gasteiger partial charge is 0.276 e. The van der Waals surface area contributed by atoms with Gasteiger partial charge in [0.25, 0.3) is 5.91 Å². The molecule has 3 rings (SSSR count). The summed E-state index contributed by atoms with van der Waals surface area (Å²) in [5, 5.41) is 3.91. The van der Waals surface area contributed by atoms with E-state index >= 15 is 0 Å². The second-order valence-corrected chi connectivity index (χ2v) is 7.07. The molecule has 7 heteroatoms. The molecule has 2 amide bonds. The van der Waals surface area contributed by atoms with Crippen molar-refractivity contribution in [1.82, 2.24) is 15.0 Å². The summed E-state index contributed by atoms with van der Waals surface area (Å²) in [4.78, 5) is 29.3. The second-order valence-electron chi connectivity index (χ2n) is 7.07. The molecule has 1 aromatic heterocycles. The maximum atomic E-state index is 12.9. The summed E-state index contributed by atoms with van der Waals surface area (Å²) in [6, 6.07) is 1.73. The van der Waals surface area contributed by atoms with Gasteiger partial charge in [-0.05, 0) is 25.7 Å². The zero-order chi connectivity index (χ0) is 17.9. The Morgan fingerprint density at radius 3 is 3.00 bits per heavy atom. The van der Waals surface area contributed by atoms with Crippen molar-refractivity contribution in [3.05, 3.63) is 17.5 Å². The van der Waals surface area contributed by atoms with Crippen LogP contribution in [0.1, 0.15) is 48.9 Å². The maximum Gasteiger partial charge on any atom is 0.276 e. The first-order chi connectivity index (χ1) is 12.1. The van der Waals surface area contributed by atoms with Crippen LogP contribution in [0.3, 0.4) is 0 Å². The van der Waals surface area contributed by atoms with E-state index in [9.17, 15) is 9.59 Å². The van der Waals surface area contributed by atoms with Gasteiger partial charge in [-0.2, -0.15) is 0 Å². The molecule has 1 aromatic rings. The van der Waals surface area contributed by atoms with Crippen molar-refractivity contribution in [2.75, 3.05) is 39.9 Å². The van der Waals surface area contributed by atoms with Gasteiger partial charge < -0.3 is 19.1 Å². The minimum atomic E-state index is -0.433. The van der Waals surface area contributed by atoms with Gasteiger partial charge in [-0.15, -0.1) is 0 Å².